The van der Waals surface area contributed by atoms with Gasteiger partial charge in [0.1, 0.15) is 11.4 Å². The molecule has 1 amide bonds. The van der Waals surface area contributed by atoms with Gasteiger partial charge >= 0.3 is 0 Å². The van der Waals surface area contributed by atoms with E-state index in [0.29, 0.717) is 37.6 Å². The molecule has 11 nitrogen and oxygen atoms in total. The monoisotopic (exact) mass is 416 g/mol. The molecule has 2 aromatic carbocycles. The van der Waals surface area contributed by atoms with E-state index >= 15 is 0 Å². The Morgan fingerprint density at radius 2 is 1.47 bits per heavy atom. The second kappa shape index (κ2) is 10.2. The van der Waals surface area contributed by atoms with Crippen LogP contribution < -0.4 is 16.4 Å². The van der Waals surface area contributed by atoms with Crippen LogP contribution in [0.2, 0.25) is 0 Å². The number of hydrogen-bond donors (Lipinski definition) is 3. The molecule has 0 saturated heterocycles. The minimum atomic E-state index is -0.731. The van der Waals surface area contributed by atoms with E-state index < -0.39 is 15.8 Å². The zero-order valence-electron chi connectivity index (χ0n) is 16.8. The van der Waals surface area contributed by atoms with Gasteiger partial charge in [0.15, 0.2) is 0 Å². The van der Waals surface area contributed by atoms with Crippen LogP contribution in [0, 0.1) is 27.2 Å². The quantitative estimate of drug-likeness (QED) is 0.372. The van der Waals surface area contributed by atoms with Crippen molar-refractivity contribution in [3.8, 4) is 0 Å². The second-order valence-corrected chi connectivity index (χ2v) is 6.79. The number of carbonyl (C=O) groups is 1. The van der Waals surface area contributed by atoms with E-state index in [-0.39, 0.29) is 16.9 Å². The first kappa shape index (κ1) is 22.6. The predicted molar refractivity (Wildman–Crippen MR) is 114 cm³/mol. The zero-order valence-corrected chi connectivity index (χ0v) is 16.8. The average molecular weight is 416 g/mol. The van der Waals surface area contributed by atoms with Crippen molar-refractivity contribution < 1.29 is 14.6 Å². The van der Waals surface area contributed by atoms with Crippen LogP contribution in [0.15, 0.2) is 36.4 Å². The molecule has 30 heavy (non-hydrogen) atoms. The molecule has 0 radical (unpaired) electrons. The SMILES string of the molecule is Cc1ccc(NCCN(C)CCNc2ccc(C(N)=O)cc2[N+](=O)[O-])c([N+](=O)[O-])c1. The highest BCUT2D eigenvalue weighted by Crippen LogP contribution is 2.26. The number of amides is 1. The highest BCUT2D eigenvalue weighted by atomic mass is 16.6. The predicted octanol–water partition coefficient (Wildman–Crippen LogP) is 2.37. The lowest BCUT2D eigenvalue weighted by molar-refractivity contribution is -0.384. The van der Waals surface area contributed by atoms with Gasteiger partial charge in [0.2, 0.25) is 5.91 Å². The number of aryl methyl sites for hydroxylation is 1. The Balaban J connectivity index is 1.85. The van der Waals surface area contributed by atoms with Gasteiger partial charge in [0.25, 0.3) is 11.4 Å². The minimum Gasteiger partial charge on any atom is -0.378 e. The minimum absolute atomic E-state index is 0.0334. The molecular weight excluding hydrogens is 392 g/mol. The fraction of sp³-hybridized carbons (Fsp3) is 0.316. The van der Waals surface area contributed by atoms with Crippen molar-refractivity contribution in [3.05, 3.63) is 67.8 Å². The molecule has 0 atom stereocenters. The normalized spacial score (nSPS) is 10.6. The number of primary amides is 1. The number of anilines is 2. The first-order valence-corrected chi connectivity index (χ1v) is 9.18. The van der Waals surface area contributed by atoms with Crippen molar-refractivity contribution in [2.24, 2.45) is 5.73 Å². The summed E-state index contributed by atoms with van der Waals surface area (Å²) in [5.74, 6) is -0.731. The van der Waals surface area contributed by atoms with E-state index in [9.17, 15) is 25.0 Å². The van der Waals surface area contributed by atoms with Crippen molar-refractivity contribution in [1.82, 2.24) is 4.90 Å². The van der Waals surface area contributed by atoms with Crippen LogP contribution in [0.4, 0.5) is 22.7 Å². The largest absolute Gasteiger partial charge is 0.378 e. The number of likely N-dealkylation sites (N-methyl/N-ethyl adjacent to an activating group) is 1. The summed E-state index contributed by atoms with van der Waals surface area (Å²) in [7, 11) is 1.87. The summed E-state index contributed by atoms with van der Waals surface area (Å²) in [5, 5.41) is 28.4. The van der Waals surface area contributed by atoms with E-state index in [1.165, 1.54) is 18.2 Å². The van der Waals surface area contributed by atoms with Crippen molar-refractivity contribution in [2.75, 3.05) is 43.9 Å². The molecule has 2 rings (SSSR count). The van der Waals surface area contributed by atoms with Gasteiger partial charge in [-0.15, -0.1) is 0 Å². The Morgan fingerprint density at radius 1 is 0.967 bits per heavy atom. The van der Waals surface area contributed by atoms with Crippen LogP contribution in [0.5, 0.6) is 0 Å². The lowest BCUT2D eigenvalue weighted by atomic mass is 10.1. The standard InChI is InChI=1S/C19H24N6O5/c1-13-3-5-15(17(11-13)24(27)28)21-7-9-23(2)10-8-22-16-6-4-14(19(20)26)12-18(16)25(29)30/h3-6,11-12,21-22H,7-10H2,1-2H3,(H2,20,26). The summed E-state index contributed by atoms with van der Waals surface area (Å²) in [6.07, 6.45) is 0. The number of benzene rings is 2. The van der Waals surface area contributed by atoms with E-state index in [0.717, 1.165) is 11.6 Å². The van der Waals surface area contributed by atoms with Gasteiger partial charge in [-0.1, -0.05) is 6.07 Å². The van der Waals surface area contributed by atoms with Crippen molar-refractivity contribution in [3.63, 3.8) is 0 Å². The smallest absolute Gasteiger partial charge is 0.293 e. The third kappa shape index (κ3) is 6.14. The third-order valence-electron chi connectivity index (χ3n) is 4.45. The average Bonchev–Trinajstić information content (AvgIpc) is 2.68. The Hall–Kier alpha value is -3.73. The molecular formula is C19H24N6O5. The molecule has 0 unspecified atom stereocenters. The summed E-state index contributed by atoms with van der Waals surface area (Å²) in [6, 6.07) is 9.04. The summed E-state index contributed by atoms with van der Waals surface area (Å²) in [5.41, 5.74) is 6.62. The molecule has 0 aliphatic carbocycles. The van der Waals surface area contributed by atoms with Crippen molar-refractivity contribution >= 4 is 28.7 Å². The van der Waals surface area contributed by atoms with Crippen LogP contribution in [-0.2, 0) is 0 Å². The lowest BCUT2D eigenvalue weighted by Gasteiger charge is -2.18. The van der Waals surface area contributed by atoms with Gasteiger partial charge in [-0.3, -0.25) is 25.0 Å². The number of carbonyl (C=O) groups excluding carboxylic acids is 1. The van der Waals surface area contributed by atoms with Gasteiger partial charge in [0, 0.05) is 43.9 Å². The van der Waals surface area contributed by atoms with Gasteiger partial charge in [-0.05, 0) is 37.7 Å². The maximum absolute atomic E-state index is 11.2. The molecule has 4 N–H and O–H groups in total. The zero-order chi connectivity index (χ0) is 22.3. The van der Waals surface area contributed by atoms with Gasteiger partial charge in [0.05, 0.1) is 9.85 Å². The molecule has 0 aliphatic heterocycles. The van der Waals surface area contributed by atoms with Crippen LogP contribution in [0.25, 0.3) is 0 Å². The third-order valence-corrected chi connectivity index (χ3v) is 4.45. The van der Waals surface area contributed by atoms with E-state index in [1.807, 2.05) is 11.9 Å². The number of rotatable bonds is 11. The molecule has 0 aliphatic rings. The highest BCUT2D eigenvalue weighted by molar-refractivity contribution is 5.94. The van der Waals surface area contributed by atoms with E-state index in [4.69, 9.17) is 5.73 Å². The number of nitrogens with two attached hydrogens (primary N) is 1. The number of nitrogens with one attached hydrogen (secondary N) is 2. The van der Waals surface area contributed by atoms with E-state index in [1.54, 1.807) is 19.1 Å². The van der Waals surface area contributed by atoms with Crippen molar-refractivity contribution in [1.29, 1.82) is 0 Å². The van der Waals surface area contributed by atoms with Crippen molar-refractivity contribution in [2.45, 2.75) is 6.92 Å². The number of hydrogen-bond acceptors (Lipinski definition) is 8. The van der Waals surface area contributed by atoms with Crippen LogP contribution >= 0.6 is 0 Å². The molecule has 2 aromatic rings. The fourth-order valence-electron chi connectivity index (χ4n) is 2.80. The molecule has 11 heteroatoms. The Morgan fingerprint density at radius 3 is 1.97 bits per heavy atom. The second-order valence-electron chi connectivity index (χ2n) is 6.79. The molecule has 0 spiro atoms. The van der Waals surface area contributed by atoms with Gasteiger partial charge < -0.3 is 21.3 Å². The molecule has 160 valence electrons. The fourth-order valence-corrected chi connectivity index (χ4v) is 2.80. The first-order chi connectivity index (χ1) is 14.2. The molecule has 0 bridgehead atoms. The summed E-state index contributed by atoms with van der Waals surface area (Å²) >= 11 is 0. The van der Waals surface area contributed by atoms with Crippen LogP contribution in [0.1, 0.15) is 15.9 Å². The first-order valence-electron chi connectivity index (χ1n) is 9.18. The summed E-state index contributed by atoms with van der Waals surface area (Å²) in [6.45, 7) is 3.90. The maximum atomic E-state index is 11.2. The van der Waals surface area contributed by atoms with Gasteiger partial charge in [-0.2, -0.15) is 0 Å². The topological polar surface area (TPSA) is 157 Å². The Labute approximate surface area is 173 Å². The lowest BCUT2D eigenvalue weighted by Crippen LogP contribution is -2.30. The Kier molecular flexibility index (Phi) is 7.64. The Bertz CT molecular complexity index is 949. The molecule has 0 fully saturated rings. The number of nitro groups is 2. The molecule has 0 heterocycles. The van der Waals surface area contributed by atoms with Gasteiger partial charge in [-0.25, -0.2) is 0 Å². The van der Waals surface area contributed by atoms with Crippen LogP contribution in [0.3, 0.4) is 0 Å². The number of nitrogens with zero attached hydrogens (tertiary/aromatic N) is 3. The maximum Gasteiger partial charge on any atom is 0.293 e. The van der Waals surface area contributed by atoms with Crippen LogP contribution in [-0.4, -0.2) is 53.9 Å². The highest BCUT2D eigenvalue weighted by Gasteiger charge is 2.16. The summed E-state index contributed by atoms with van der Waals surface area (Å²) in [4.78, 5) is 34.6. The summed E-state index contributed by atoms with van der Waals surface area (Å²) < 4.78 is 0. The van der Waals surface area contributed by atoms with E-state index in [2.05, 4.69) is 10.6 Å². The number of nitro benzene ring substituents is 2. The molecule has 0 saturated carbocycles. The molecule has 0 aromatic heterocycles.